The minimum atomic E-state index is -0.0510. The molecular formula is C15H15Cl2N5O. The number of hydrogen-bond donors (Lipinski definition) is 1. The quantitative estimate of drug-likeness (QED) is 0.758. The molecule has 23 heavy (non-hydrogen) atoms. The number of methoxy groups -OCH3 is 1. The molecule has 0 radical (unpaired) electrons. The van der Waals surface area contributed by atoms with Gasteiger partial charge in [0, 0.05) is 23.2 Å². The lowest BCUT2D eigenvalue weighted by Crippen LogP contribution is -2.12. The third-order valence-electron chi connectivity index (χ3n) is 3.39. The number of aromatic nitrogens is 4. The number of ether oxygens (including phenoxy) is 1. The van der Waals surface area contributed by atoms with Crippen molar-refractivity contribution in [3.8, 4) is 0 Å². The number of fused-ring (bicyclic) bond motifs is 1. The van der Waals surface area contributed by atoms with E-state index in [0.717, 1.165) is 17.1 Å². The van der Waals surface area contributed by atoms with E-state index in [9.17, 15) is 0 Å². The van der Waals surface area contributed by atoms with Crippen LogP contribution in [0.15, 0.2) is 30.6 Å². The van der Waals surface area contributed by atoms with Crippen LogP contribution in [0.1, 0.15) is 24.2 Å². The zero-order chi connectivity index (χ0) is 16.4. The molecule has 0 fully saturated rings. The first-order valence-corrected chi connectivity index (χ1v) is 7.74. The molecule has 1 atom stereocenters. The van der Waals surface area contributed by atoms with Gasteiger partial charge < -0.3 is 10.1 Å². The topological polar surface area (TPSA) is 64.3 Å². The summed E-state index contributed by atoms with van der Waals surface area (Å²) in [5.41, 5.74) is 1.71. The molecule has 0 spiro atoms. The summed E-state index contributed by atoms with van der Waals surface area (Å²) in [6, 6.07) is 7.27. The maximum Gasteiger partial charge on any atom is 0.254 e. The Labute approximate surface area is 143 Å². The first-order valence-electron chi connectivity index (χ1n) is 6.98. The maximum atomic E-state index is 6.28. The Balaban J connectivity index is 1.95. The summed E-state index contributed by atoms with van der Waals surface area (Å²) in [7, 11) is 1.62. The molecule has 0 bridgehead atoms. The zero-order valence-corrected chi connectivity index (χ0v) is 14.1. The minimum absolute atomic E-state index is 0.0510. The van der Waals surface area contributed by atoms with Crippen molar-refractivity contribution < 1.29 is 4.74 Å². The Kier molecular flexibility index (Phi) is 4.66. The summed E-state index contributed by atoms with van der Waals surface area (Å²) >= 11 is 12.2. The van der Waals surface area contributed by atoms with Gasteiger partial charge in [-0.25, -0.2) is 4.98 Å². The lowest BCUT2D eigenvalue weighted by molar-refractivity contribution is 0.181. The number of halogens is 2. The van der Waals surface area contributed by atoms with Crippen LogP contribution in [-0.4, -0.2) is 26.7 Å². The molecule has 0 aliphatic heterocycles. The molecule has 0 saturated heterocycles. The Morgan fingerprint density at radius 1 is 1.30 bits per heavy atom. The van der Waals surface area contributed by atoms with Crippen molar-refractivity contribution in [2.45, 2.75) is 19.6 Å². The molecule has 0 aliphatic rings. The van der Waals surface area contributed by atoms with Crippen molar-refractivity contribution >= 4 is 34.8 Å². The van der Waals surface area contributed by atoms with Crippen LogP contribution in [0.4, 0.5) is 5.82 Å². The van der Waals surface area contributed by atoms with E-state index < -0.39 is 0 Å². The van der Waals surface area contributed by atoms with Crippen LogP contribution >= 0.6 is 23.2 Å². The second-order valence-electron chi connectivity index (χ2n) is 5.07. The number of anilines is 1. The van der Waals surface area contributed by atoms with Gasteiger partial charge in [-0.1, -0.05) is 29.3 Å². The smallest absolute Gasteiger partial charge is 0.254 e. The molecule has 0 aliphatic carbocycles. The second kappa shape index (κ2) is 6.70. The van der Waals surface area contributed by atoms with E-state index in [-0.39, 0.29) is 6.04 Å². The normalized spacial score (nSPS) is 12.5. The zero-order valence-electron chi connectivity index (χ0n) is 12.6. The van der Waals surface area contributed by atoms with Gasteiger partial charge in [-0.3, -0.25) is 0 Å². The molecule has 6 nitrogen and oxygen atoms in total. The number of nitrogens with one attached hydrogen (secondary N) is 1. The van der Waals surface area contributed by atoms with Crippen molar-refractivity contribution in [2.75, 3.05) is 12.4 Å². The van der Waals surface area contributed by atoms with Crippen molar-refractivity contribution in [1.82, 2.24) is 19.6 Å². The van der Waals surface area contributed by atoms with Gasteiger partial charge in [-0.15, -0.1) is 0 Å². The average Bonchev–Trinajstić information content (AvgIpc) is 2.96. The van der Waals surface area contributed by atoms with E-state index >= 15 is 0 Å². The van der Waals surface area contributed by atoms with Crippen LogP contribution in [0, 0.1) is 0 Å². The standard InChI is InChI=1S/C15H15Cl2N5O/c1-9(12-4-3-10(16)5-13(12)17)20-14-6-11(7-23-2)21-15-18-8-19-22(14)15/h3-6,8-9,20H,7H2,1-2H3/t9-/m0/s1. The van der Waals surface area contributed by atoms with Crippen LogP contribution < -0.4 is 5.32 Å². The van der Waals surface area contributed by atoms with Crippen molar-refractivity contribution in [1.29, 1.82) is 0 Å². The van der Waals surface area contributed by atoms with Gasteiger partial charge in [0.25, 0.3) is 5.78 Å². The van der Waals surface area contributed by atoms with Crippen LogP contribution in [0.25, 0.3) is 5.78 Å². The summed E-state index contributed by atoms with van der Waals surface area (Å²) < 4.78 is 6.79. The molecule has 0 saturated carbocycles. The number of rotatable bonds is 5. The second-order valence-corrected chi connectivity index (χ2v) is 5.91. The molecular weight excluding hydrogens is 337 g/mol. The Hall–Kier alpha value is -1.89. The average molecular weight is 352 g/mol. The molecule has 3 aromatic rings. The van der Waals surface area contributed by atoms with Crippen LogP contribution in [0.2, 0.25) is 10.0 Å². The SMILES string of the molecule is COCc1cc(N[C@@H](C)c2ccc(Cl)cc2Cl)n2ncnc2n1. The van der Waals surface area contributed by atoms with Gasteiger partial charge >= 0.3 is 0 Å². The maximum absolute atomic E-state index is 6.28. The molecule has 0 amide bonds. The molecule has 8 heteroatoms. The summed E-state index contributed by atoms with van der Waals surface area (Å²) in [5, 5.41) is 8.79. The molecule has 3 rings (SSSR count). The lowest BCUT2D eigenvalue weighted by Gasteiger charge is -2.18. The molecule has 2 aromatic heterocycles. The minimum Gasteiger partial charge on any atom is -0.378 e. The van der Waals surface area contributed by atoms with Crippen LogP contribution in [-0.2, 0) is 11.3 Å². The fraction of sp³-hybridized carbons (Fsp3) is 0.267. The third kappa shape index (κ3) is 3.39. The number of benzene rings is 1. The van der Waals surface area contributed by atoms with Gasteiger partial charge in [0.05, 0.1) is 18.3 Å². The van der Waals surface area contributed by atoms with E-state index in [1.165, 1.54) is 6.33 Å². The predicted molar refractivity (Wildman–Crippen MR) is 90.0 cm³/mol. The van der Waals surface area contributed by atoms with Crippen molar-refractivity contribution in [3.63, 3.8) is 0 Å². The van der Waals surface area contributed by atoms with Gasteiger partial charge in [0.15, 0.2) is 0 Å². The largest absolute Gasteiger partial charge is 0.378 e. The van der Waals surface area contributed by atoms with Crippen molar-refractivity contribution in [2.24, 2.45) is 0 Å². The van der Waals surface area contributed by atoms with E-state index in [4.69, 9.17) is 27.9 Å². The summed E-state index contributed by atoms with van der Waals surface area (Å²) in [6.45, 7) is 2.41. The third-order valence-corrected chi connectivity index (χ3v) is 3.95. The highest BCUT2D eigenvalue weighted by Crippen LogP contribution is 2.28. The molecule has 1 aromatic carbocycles. The molecule has 1 N–H and O–H groups in total. The monoisotopic (exact) mass is 351 g/mol. The number of nitrogens with zero attached hydrogens (tertiary/aromatic N) is 4. The first-order chi connectivity index (χ1) is 11.1. The van der Waals surface area contributed by atoms with Crippen LogP contribution in [0.5, 0.6) is 0 Å². The Bertz CT molecular complexity index is 836. The number of hydrogen-bond acceptors (Lipinski definition) is 5. The molecule has 2 heterocycles. The molecule has 0 unspecified atom stereocenters. The summed E-state index contributed by atoms with van der Waals surface area (Å²) in [5.74, 6) is 1.27. The fourth-order valence-electron chi connectivity index (χ4n) is 2.34. The van der Waals surface area contributed by atoms with Gasteiger partial charge in [0.1, 0.15) is 12.1 Å². The van der Waals surface area contributed by atoms with Gasteiger partial charge in [-0.05, 0) is 24.6 Å². The van der Waals surface area contributed by atoms with Crippen LogP contribution in [0.3, 0.4) is 0 Å². The van der Waals surface area contributed by atoms with E-state index in [1.54, 1.807) is 17.7 Å². The lowest BCUT2D eigenvalue weighted by atomic mass is 10.1. The van der Waals surface area contributed by atoms with Gasteiger partial charge in [-0.2, -0.15) is 14.6 Å². The van der Waals surface area contributed by atoms with E-state index in [0.29, 0.717) is 22.4 Å². The summed E-state index contributed by atoms with van der Waals surface area (Å²) in [6.07, 6.45) is 1.46. The highest BCUT2D eigenvalue weighted by Gasteiger charge is 2.14. The highest BCUT2D eigenvalue weighted by atomic mass is 35.5. The van der Waals surface area contributed by atoms with E-state index in [1.807, 2.05) is 25.1 Å². The summed E-state index contributed by atoms with van der Waals surface area (Å²) in [4.78, 5) is 8.51. The Morgan fingerprint density at radius 3 is 2.87 bits per heavy atom. The van der Waals surface area contributed by atoms with Gasteiger partial charge in [0.2, 0.25) is 0 Å². The highest BCUT2D eigenvalue weighted by molar-refractivity contribution is 6.35. The molecule has 120 valence electrons. The first kappa shape index (κ1) is 16.0. The predicted octanol–water partition coefficient (Wildman–Crippen LogP) is 3.75. The Morgan fingerprint density at radius 2 is 2.13 bits per heavy atom. The fourth-order valence-corrected chi connectivity index (χ4v) is 2.91. The van der Waals surface area contributed by atoms with E-state index in [2.05, 4.69) is 20.4 Å². The van der Waals surface area contributed by atoms with Crippen molar-refractivity contribution in [3.05, 3.63) is 51.9 Å².